The van der Waals surface area contributed by atoms with Gasteiger partial charge in [-0.2, -0.15) is 5.10 Å². The Bertz CT molecular complexity index is 762. The van der Waals surface area contributed by atoms with Crippen LogP contribution < -0.4 is 5.32 Å². The molecule has 0 radical (unpaired) electrons. The fourth-order valence-corrected chi connectivity index (χ4v) is 2.29. The lowest BCUT2D eigenvalue weighted by Crippen LogP contribution is -2.38. The number of carbonyl (C=O) groups is 2. The lowest BCUT2D eigenvalue weighted by molar-refractivity contribution is -0.143. The van der Waals surface area contributed by atoms with Crippen LogP contribution in [0.4, 0.5) is 4.79 Å². The van der Waals surface area contributed by atoms with Crippen LogP contribution >= 0.6 is 0 Å². The molecule has 1 atom stereocenters. The third-order valence-corrected chi connectivity index (χ3v) is 3.36. The molecule has 0 fully saturated rings. The van der Waals surface area contributed by atoms with E-state index in [1.165, 1.54) is 7.11 Å². The summed E-state index contributed by atoms with van der Waals surface area (Å²) in [5.74, 6) is -0.575. The maximum Gasteiger partial charge on any atom is 0.408 e. The molecule has 0 aliphatic rings. The standard InChI is InChI=1S/C18H23N3O4/c1-18(2,3)25-17(23)20-15(16(22)24-5)13-8-6-7-12(9-13)14-10-19-21(4)11-14/h6-11,15H,1-5H3,(H,20,23). The van der Waals surface area contributed by atoms with Crippen molar-refractivity contribution in [2.45, 2.75) is 32.4 Å². The minimum atomic E-state index is -0.962. The van der Waals surface area contributed by atoms with E-state index in [1.807, 2.05) is 31.4 Å². The Morgan fingerprint density at radius 2 is 1.96 bits per heavy atom. The quantitative estimate of drug-likeness (QED) is 0.862. The number of esters is 1. The van der Waals surface area contributed by atoms with Gasteiger partial charge in [-0.15, -0.1) is 0 Å². The Labute approximate surface area is 146 Å². The van der Waals surface area contributed by atoms with Crippen molar-refractivity contribution >= 4 is 12.1 Å². The van der Waals surface area contributed by atoms with E-state index in [0.29, 0.717) is 5.56 Å². The van der Waals surface area contributed by atoms with E-state index in [1.54, 1.807) is 37.7 Å². The number of carbonyl (C=O) groups excluding carboxylic acids is 2. The van der Waals surface area contributed by atoms with Crippen molar-refractivity contribution in [1.29, 1.82) is 0 Å². The van der Waals surface area contributed by atoms with E-state index in [9.17, 15) is 9.59 Å². The Morgan fingerprint density at radius 1 is 1.24 bits per heavy atom. The van der Waals surface area contributed by atoms with Gasteiger partial charge in [0.05, 0.1) is 13.3 Å². The first kappa shape index (κ1) is 18.5. The third-order valence-electron chi connectivity index (χ3n) is 3.36. The van der Waals surface area contributed by atoms with Crippen LogP contribution in [0.25, 0.3) is 11.1 Å². The van der Waals surface area contributed by atoms with E-state index in [-0.39, 0.29) is 0 Å². The number of aryl methyl sites for hydroxylation is 1. The lowest BCUT2D eigenvalue weighted by Gasteiger charge is -2.23. The molecule has 0 saturated heterocycles. The molecule has 2 aromatic rings. The molecule has 2 rings (SSSR count). The van der Waals surface area contributed by atoms with Crippen molar-refractivity contribution in [3.8, 4) is 11.1 Å². The molecule has 0 spiro atoms. The molecule has 0 bridgehead atoms. The average molecular weight is 345 g/mol. The summed E-state index contributed by atoms with van der Waals surface area (Å²) >= 11 is 0. The summed E-state index contributed by atoms with van der Waals surface area (Å²) in [6, 6.07) is 6.32. The fraction of sp³-hybridized carbons (Fsp3) is 0.389. The van der Waals surface area contributed by atoms with Gasteiger partial charge in [-0.3, -0.25) is 4.68 Å². The summed E-state index contributed by atoms with van der Waals surface area (Å²) in [7, 11) is 3.10. The number of hydrogen-bond donors (Lipinski definition) is 1. The summed E-state index contributed by atoms with van der Waals surface area (Å²) in [4.78, 5) is 24.2. The number of methoxy groups -OCH3 is 1. The molecular weight excluding hydrogens is 322 g/mol. The highest BCUT2D eigenvalue weighted by Crippen LogP contribution is 2.24. The van der Waals surface area contributed by atoms with Gasteiger partial charge in [-0.05, 0) is 38.0 Å². The largest absolute Gasteiger partial charge is 0.467 e. The minimum absolute atomic E-state index is 0.575. The van der Waals surface area contributed by atoms with E-state index in [0.717, 1.165) is 11.1 Å². The molecule has 0 aliphatic heterocycles. The number of ether oxygens (including phenoxy) is 2. The summed E-state index contributed by atoms with van der Waals surface area (Å²) in [5, 5.41) is 6.71. The van der Waals surface area contributed by atoms with E-state index < -0.39 is 23.7 Å². The molecule has 1 N–H and O–H groups in total. The number of alkyl carbamates (subject to hydrolysis) is 1. The first-order chi connectivity index (χ1) is 11.7. The van der Waals surface area contributed by atoms with Crippen LogP contribution in [0.1, 0.15) is 32.4 Å². The molecule has 134 valence electrons. The summed E-state index contributed by atoms with van der Waals surface area (Å²) in [6.45, 7) is 5.26. The number of hydrogen-bond acceptors (Lipinski definition) is 5. The van der Waals surface area contributed by atoms with E-state index >= 15 is 0 Å². The zero-order valence-electron chi connectivity index (χ0n) is 15.1. The van der Waals surface area contributed by atoms with Gasteiger partial charge < -0.3 is 14.8 Å². The average Bonchev–Trinajstić information content (AvgIpc) is 2.97. The van der Waals surface area contributed by atoms with E-state index in [2.05, 4.69) is 10.4 Å². The van der Waals surface area contributed by atoms with Crippen LogP contribution in [0, 0.1) is 0 Å². The van der Waals surface area contributed by atoms with Gasteiger partial charge in [-0.1, -0.05) is 18.2 Å². The predicted octanol–water partition coefficient (Wildman–Crippen LogP) is 2.83. The van der Waals surface area contributed by atoms with Crippen molar-refractivity contribution in [2.24, 2.45) is 7.05 Å². The van der Waals surface area contributed by atoms with Gasteiger partial charge in [0, 0.05) is 18.8 Å². The first-order valence-corrected chi connectivity index (χ1v) is 7.86. The molecule has 0 saturated carbocycles. The first-order valence-electron chi connectivity index (χ1n) is 7.86. The van der Waals surface area contributed by atoms with Gasteiger partial charge in [0.15, 0.2) is 6.04 Å². The van der Waals surface area contributed by atoms with Crippen LogP contribution in [0.2, 0.25) is 0 Å². The van der Waals surface area contributed by atoms with Crippen LogP contribution in [-0.4, -0.2) is 34.6 Å². The van der Waals surface area contributed by atoms with Gasteiger partial charge in [-0.25, -0.2) is 9.59 Å². The van der Waals surface area contributed by atoms with Crippen molar-refractivity contribution in [3.63, 3.8) is 0 Å². The van der Waals surface area contributed by atoms with Gasteiger partial charge >= 0.3 is 12.1 Å². The second kappa shape index (κ2) is 7.38. The lowest BCUT2D eigenvalue weighted by atomic mass is 10.0. The molecule has 7 heteroatoms. The highest BCUT2D eigenvalue weighted by atomic mass is 16.6. The molecule has 1 aromatic carbocycles. The predicted molar refractivity (Wildman–Crippen MR) is 92.8 cm³/mol. The van der Waals surface area contributed by atoms with Crippen molar-refractivity contribution < 1.29 is 19.1 Å². The smallest absolute Gasteiger partial charge is 0.408 e. The molecule has 0 aliphatic carbocycles. The second-order valence-electron chi connectivity index (χ2n) is 6.63. The zero-order valence-corrected chi connectivity index (χ0v) is 15.1. The number of aromatic nitrogens is 2. The second-order valence-corrected chi connectivity index (χ2v) is 6.63. The highest BCUT2D eigenvalue weighted by Gasteiger charge is 2.26. The Kier molecular flexibility index (Phi) is 5.46. The van der Waals surface area contributed by atoms with Crippen molar-refractivity contribution in [2.75, 3.05) is 7.11 Å². The van der Waals surface area contributed by atoms with Crippen LogP contribution in [-0.2, 0) is 21.3 Å². The summed E-state index contributed by atoms with van der Waals surface area (Å²) < 4.78 is 11.7. The van der Waals surface area contributed by atoms with Crippen LogP contribution in [0.15, 0.2) is 36.7 Å². The van der Waals surface area contributed by atoms with E-state index in [4.69, 9.17) is 9.47 Å². The number of benzene rings is 1. The van der Waals surface area contributed by atoms with Crippen molar-refractivity contribution in [3.05, 3.63) is 42.2 Å². The maximum atomic E-state index is 12.2. The number of nitrogens with one attached hydrogen (secondary N) is 1. The fourth-order valence-electron chi connectivity index (χ4n) is 2.29. The summed E-state index contributed by atoms with van der Waals surface area (Å²) in [6.07, 6.45) is 2.91. The molecule has 1 unspecified atom stereocenters. The number of nitrogens with zero attached hydrogens (tertiary/aromatic N) is 2. The third kappa shape index (κ3) is 5.07. The van der Waals surface area contributed by atoms with Crippen LogP contribution in [0.5, 0.6) is 0 Å². The number of rotatable bonds is 4. The molecule has 25 heavy (non-hydrogen) atoms. The minimum Gasteiger partial charge on any atom is -0.467 e. The van der Waals surface area contributed by atoms with Crippen LogP contribution in [0.3, 0.4) is 0 Å². The van der Waals surface area contributed by atoms with Gasteiger partial charge in [0.1, 0.15) is 5.60 Å². The molecule has 1 aromatic heterocycles. The Balaban J connectivity index is 2.29. The topological polar surface area (TPSA) is 82.4 Å². The van der Waals surface area contributed by atoms with Gasteiger partial charge in [0.25, 0.3) is 0 Å². The molecule has 1 amide bonds. The monoisotopic (exact) mass is 345 g/mol. The summed E-state index contributed by atoms with van der Waals surface area (Å²) in [5.41, 5.74) is 1.72. The Hall–Kier alpha value is -2.83. The molecule has 7 nitrogen and oxygen atoms in total. The highest BCUT2D eigenvalue weighted by molar-refractivity contribution is 5.83. The Morgan fingerprint density at radius 3 is 2.52 bits per heavy atom. The number of amides is 1. The normalized spacial score (nSPS) is 12.4. The SMILES string of the molecule is COC(=O)C(NC(=O)OC(C)(C)C)c1cccc(-c2cnn(C)c2)c1. The molecule has 1 heterocycles. The molecular formula is C18H23N3O4. The van der Waals surface area contributed by atoms with Gasteiger partial charge in [0.2, 0.25) is 0 Å². The zero-order chi connectivity index (χ0) is 18.6. The maximum absolute atomic E-state index is 12.2. The van der Waals surface area contributed by atoms with Crippen molar-refractivity contribution in [1.82, 2.24) is 15.1 Å².